The summed E-state index contributed by atoms with van der Waals surface area (Å²) < 4.78 is 0. The van der Waals surface area contributed by atoms with Gasteiger partial charge < -0.3 is 35.7 Å². The minimum atomic E-state index is -1.21. The van der Waals surface area contributed by atoms with Crippen LogP contribution in [-0.2, 0) is 0 Å². The first-order valence-electron chi connectivity index (χ1n) is 12.1. The third kappa shape index (κ3) is 6.19. The molecule has 2 aromatic rings. The number of phenolic OH excluding ortho intramolecular Hbond substituents is 3. The lowest BCUT2D eigenvalue weighted by atomic mass is 9.89. The smallest absolute Gasteiger partial charge is 0.260 e. The Bertz CT molecular complexity index is 1180. The maximum atomic E-state index is 13.4. The van der Waals surface area contributed by atoms with E-state index in [4.69, 9.17) is 0 Å². The Morgan fingerprint density at radius 3 is 2.50 bits per heavy atom. The molecule has 1 heterocycles. The van der Waals surface area contributed by atoms with Gasteiger partial charge in [0, 0.05) is 18.7 Å². The first-order chi connectivity index (χ1) is 16.9. The summed E-state index contributed by atoms with van der Waals surface area (Å²) >= 11 is 0. The van der Waals surface area contributed by atoms with E-state index in [9.17, 15) is 30.3 Å². The molecule has 0 fully saturated rings. The summed E-state index contributed by atoms with van der Waals surface area (Å²) in [6.07, 6.45) is 4.96. The number of nitrogens with one attached hydrogen (secondary N) is 1. The number of aliphatic hydroxyl groups is 2. The number of aromatic hydroxyl groups is 3. The highest BCUT2D eigenvalue weighted by Crippen LogP contribution is 2.45. The second kappa shape index (κ2) is 11.1. The molecule has 0 bridgehead atoms. The van der Waals surface area contributed by atoms with E-state index in [0.717, 1.165) is 11.6 Å². The topological polar surface area (TPSA) is 133 Å². The Kier molecular flexibility index (Phi) is 8.32. The standard InChI is InChI=1S/C28H36N2O6/c1-17(2)7-6-13-28(4,36)24(34)11-10-18(3)12-14-30-21-15-19(31)16-23(33)26(21)29-25-20(27(30)35)8-5-9-22(25)32/h5,7-9,12,15-16,24,29,31-34,36H,6,10-11,13-14H2,1-4H3. The van der Waals surface area contributed by atoms with Gasteiger partial charge in [0.05, 0.1) is 28.6 Å². The number of fused-ring (bicyclic) bond motifs is 2. The van der Waals surface area contributed by atoms with Crippen LogP contribution in [0.2, 0.25) is 0 Å². The number of allylic oxidation sites excluding steroid dienone is 3. The van der Waals surface area contributed by atoms with Crippen molar-refractivity contribution in [2.45, 2.75) is 65.1 Å². The number of hydrogen-bond acceptors (Lipinski definition) is 7. The number of nitrogens with zero attached hydrogens (tertiary/aromatic N) is 1. The zero-order valence-electron chi connectivity index (χ0n) is 21.2. The summed E-state index contributed by atoms with van der Waals surface area (Å²) in [5.74, 6) is -1.03. The first kappa shape index (κ1) is 27.1. The monoisotopic (exact) mass is 496 g/mol. The number of anilines is 3. The molecule has 0 aromatic heterocycles. The molecule has 2 aromatic carbocycles. The van der Waals surface area contributed by atoms with Crippen molar-refractivity contribution in [1.82, 2.24) is 0 Å². The Hall–Kier alpha value is -3.49. The maximum absolute atomic E-state index is 13.4. The lowest BCUT2D eigenvalue weighted by Crippen LogP contribution is -2.39. The summed E-state index contributed by atoms with van der Waals surface area (Å²) in [6.45, 7) is 7.64. The van der Waals surface area contributed by atoms with E-state index < -0.39 is 17.6 Å². The average Bonchev–Trinajstić information content (AvgIpc) is 2.91. The Morgan fingerprint density at radius 2 is 1.81 bits per heavy atom. The predicted molar refractivity (Wildman–Crippen MR) is 141 cm³/mol. The van der Waals surface area contributed by atoms with Crippen molar-refractivity contribution in [3.8, 4) is 17.2 Å². The van der Waals surface area contributed by atoms with E-state index >= 15 is 0 Å². The molecule has 0 saturated heterocycles. The number of carbonyl (C=O) groups is 1. The molecule has 0 radical (unpaired) electrons. The van der Waals surface area contributed by atoms with Crippen LogP contribution in [0.15, 0.2) is 53.6 Å². The third-order valence-corrected chi connectivity index (χ3v) is 6.50. The van der Waals surface area contributed by atoms with Crippen LogP contribution in [0.5, 0.6) is 17.2 Å². The Morgan fingerprint density at radius 1 is 1.08 bits per heavy atom. The molecular formula is C28H36N2O6. The van der Waals surface area contributed by atoms with Crippen LogP contribution in [0.25, 0.3) is 0 Å². The number of benzene rings is 2. The van der Waals surface area contributed by atoms with E-state index in [-0.39, 0.29) is 46.4 Å². The lowest BCUT2D eigenvalue weighted by molar-refractivity contribution is -0.0691. The summed E-state index contributed by atoms with van der Waals surface area (Å²) in [5.41, 5.74) is 1.71. The molecule has 3 rings (SSSR count). The fraction of sp³-hybridized carbons (Fsp3) is 0.393. The van der Waals surface area contributed by atoms with Gasteiger partial charge in [-0.25, -0.2) is 0 Å². The predicted octanol–water partition coefficient (Wildman–Crippen LogP) is 5.09. The van der Waals surface area contributed by atoms with Crippen LogP contribution >= 0.6 is 0 Å². The van der Waals surface area contributed by atoms with Crippen LogP contribution < -0.4 is 10.2 Å². The number of hydrogen-bond donors (Lipinski definition) is 6. The van der Waals surface area contributed by atoms with Crippen LogP contribution in [0.3, 0.4) is 0 Å². The van der Waals surface area contributed by atoms with Gasteiger partial charge >= 0.3 is 0 Å². The van der Waals surface area contributed by atoms with Gasteiger partial charge in [0.1, 0.15) is 22.9 Å². The molecule has 1 aliphatic heterocycles. The highest BCUT2D eigenvalue weighted by molar-refractivity contribution is 6.15. The molecule has 6 N–H and O–H groups in total. The molecule has 2 atom stereocenters. The molecular weight excluding hydrogens is 460 g/mol. The van der Waals surface area contributed by atoms with E-state index in [0.29, 0.717) is 25.7 Å². The molecule has 8 heteroatoms. The molecule has 36 heavy (non-hydrogen) atoms. The summed E-state index contributed by atoms with van der Waals surface area (Å²) in [4.78, 5) is 14.8. The average molecular weight is 497 g/mol. The zero-order valence-corrected chi connectivity index (χ0v) is 21.2. The Labute approximate surface area is 211 Å². The van der Waals surface area contributed by atoms with Gasteiger partial charge in [-0.3, -0.25) is 4.79 Å². The van der Waals surface area contributed by atoms with Crippen molar-refractivity contribution >= 4 is 23.0 Å². The van der Waals surface area contributed by atoms with Crippen LogP contribution in [0.4, 0.5) is 17.1 Å². The van der Waals surface area contributed by atoms with E-state index in [2.05, 4.69) is 5.32 Å². The summed E-state index contributed by atoms with van der Waals surface area (Å²) in [6, 6.07) is 7.11. The maximum Gasteiger partial charge on any atom is 0.260 e. The number of aliphatic hydroxyl groups excluding tert-OH is 1. The van der Waals surface area contributed by atoms with Gasteiger partial charge in [-0.2, -0.15) is 0 Å². The van der Waals surface area contributed by atoms with Gasteiger partial charge in [0.25, 0.3) is 5.91 Å². The Balaban J connectivity index is 1.79. The molecule has 1 amide bonds. The van der Waals surface area contributed by atoms with Crippen molar-refractivity contribution in [3.63, 3.8) is 0 Å². The van der Waals surface area contributed by atoms with Crippen molar-refractivity contribution < 1.29 is 30.3 Å². The SMILES string of the molecule is CC(C)=CCCC(C)(O)C(O)CCC(C)=CCN1C(=O)c2cccc(O)c2Nc2c(O)cc(O)cc21. The first-order valence-corrected chi connectivity index (χ1v) is 12.1. The molecule has 0 spiro atoms. The second-order valence-corrected chi connectivity index (χ2v) is 9.88. The van der Waals surface area contributed by atoms with Gasteiger partial charge in [-0.15, -0.1) is 0 Å². The molecule has 0 aliphatic carbocycles. The highest BCUT2D eigenvalue weighted by atomic mass is 16.3. The minimum absolute atomic E-state index is 0.129. The fourth-order valence-electron chi connectivity index (χ4n) is 4.19. The molecule has 194 valence electrons. The summed E-state index contributed by atoms with van der Waals surface area (Å²) in [5, 5.41) is 55.0. The fourth-order valence-corrected chi connectivity index (χ4v) is 4.19. The molecule has 2 unspecified atom stereocenters. The van der Waals surface area contributed by atoms with Crippen LogP contribution in [-0.4, -0.2) is 49.7 Å². The number of rotatable bonds is 9. The van der Waals surface area contributed by atoms with Gasteiger partial charge in [0.15, 0.2) is 0 Å². The van der Waals surface area contributed by atoms with Gasteiger partial charge in [-0.05, 0) is 65.5 Å². The van der Waals surface area contributed by atoms with Gasteiger partial charge in [-0.1, -0.05) is 29.4 Å². The quantitative estimate of drug-likeness (QED) is 0.162. The summed E-state index contributed by atoms with van der Waals surface area (Å²) in [7, 11) is 0. The molecule has 0 saturated carbocycles. The molecule has 1 aliphatic rings. The van der Waals surface area contributed by atoms with Crippen LogP contribution in [0, 0.1) is 0 Å². The zero-order chi connectivity index (χ0) is 26.6. The lowest BCUT2D eigenvalue weighted by Gasteiger charge is -2.29. The van der Waals surface area contributed by atoms with Crippen LogP contribution in [0.1, 0.15) is 63.7 Å². The van der Waals surface area contributed by atoms with Crippen molar-refractivity contribution in [3.05, 3.63) is 59.2 Å². The van der Waals surface area contributed by atoms with Crippen molar-refractivity contribution in [2.75, 3.05) is 16.8 Å². The van der Waals surface area contributed by atoms with Crippen molar-refractivity contribution in [2.24, 2.45) is 0 Å². The second-order valence-electron chi connectivity index (χ2n) is 9.88. The number of phenols is 3. The number of para-hydroxylation sites is 1. The third-order valence-electron chi connectivity index (χ3n) is 6.50. The number of carbonyl (C=O) groups excluding carboxylic acids is 1. The normalized spacial score (nSPS) is 15.8. The number of amides is 1. The van der Waals surface area contributed by atoms with E-state index in [1.807, 2.05) is 32.9 Å². The van der Waals surface area contributed by atoms with E-state index in [1.165, 1.54) is 22.6 Å². The molecule has 8 nitrogen and oxygen atoms in total. The van der Waals surface area contributed by atoms with Crippen molar-refractivity contribution in [1.29, 1.82) is 0 Å². The highest BCUT2D eigenvalue weighted by Gasteiger charge is 2.31. The minimum Gasteiger partial charge on any atom is -0.508 e. The van der Waals surface area contributed by atoms with Gasteiger partial charge in [0.2, 0.25) is 0 Å². The largest absolute Gasteiger partial charge is 0.508 e. The van der Waals surface area contributed by atoms with E-state index in [1.54, 1.807) is 19.1 Å².